The molecule has 0 aliphatic heterocycles. The standard InChI is InChI=1S/C26H23FN4O2/c1-15(26-29-16(2)31-33-26)28-25(32)23-20-7-3-4-9-22(20)30-24-18(6-5-8-21(23)24)14-17-10-12-19(27)13-11-17/h3-4,7,9-15H,5-6,8H2,1-2H3,(H,28,32)/b18-14-. The lowest BCUT2D eigenvalue weighted by molar-refractivity contribution is 0.0933. The van der Waals surface area contributed by atoms with Crippen LogP contribution in [0.3, 0.4) is 0 Å². The molecule has 1 atom stereocenters. The number of hydrogen-bond donors (Lipinski definition) is 1. The van der Waals surface area contributed by atoms with Crippen molar-refractivity contribution < 1.29 is 13.7 Å². The van der Waals surface area contributed by atoms with Crippen molar-refractivity contribution in [1.29, 1.82) is 0 Å². The first-order valence-corrected chi connectivity index (χ1v) is 11.0. The molecule has 0 bridgehead atoms. The van der Waals surface area contributed by atoms with E-state index in [0.717, 1.165) is 52.6 Å². The van der Waals surface area contributed by atoms with E-state index in [0.29, 0.717) is 17.3 Å². The van der Waals surface area contributed by atoms with Gasteiger partial charge in [-0.25, -0.2) is 9.37 Å². The van der Waals surface area contributed by atoms with Crippen LogP contribution < -0.4 is 5.32 Å². The van der Waals surface area contributed by atoms with Crippen LogP contribution in [0.2, 0.25) is 0 Å². The third-order valence-corrected chi connectivity index (χ3v) is 5.87. The molecule has 1 unspecified atom stereocenters. The Hall–Kier alpha value is -3.87. The van der Waals surface area contributed by atoms with Crippen LogP contribution in [0.25, 0.3) is 22.6 Å². The van der Waals surface area contributed by atoms with Crippen molar-refractivity contribution in [3.05, 3.63) is 88.4 Å². The Kier molecular flexibility index (Phi) is 5.46. The van der Waals surface area contributed by atoms with Gasteiger partial charge in [0, 0.05) is 5.39 Å². The number of fused-ring (bicyclic) bond motifs is 2. The van der Waals surface area contributed by atoms with Gasteiger partial charge in [-0.2, -0.15) is 4.98 Å². The molecular formula is C26H23FN4O2. The molecule has 0 saturated heterocycles. The maximum absolute atomic E-state index is 13.5. The molecule has 0 fully saturated rings. The molecule has 2 heterocycles. The number of pyridine rings is 1. The van der Waals surface area contributed by atoms with Crippen molar-refractivity contribution in [2.24, 2.45) is 0 Å². The Morgan fingerprint density at radius 2 is 1.91 bits per heavy atom. The minimum absolute atomic E-state index is 0.198. The number of aromatic nitrogens is 3. The fourth-order valence-electron chi connectivity index (χ4n) is 4.31. The number of allylic oxidation sites excluding steroid dienone is 1. The van der Waals surface area contributed by atoms with E-state index < -0.39 is 6.04 Å². The highest BCUT2D eigenvalue weighted by molar-refractivity contribution is 6.09. The first-order valence-electron chi connectivity index (χ1n) is 11.0. The molecule has 1 N–H and O–H groups in total. The number of halogens is 1. The second-order valence-electron chi connectivity index (χ2n) is 8.28. The number of carbonyl (C=O) groups is 1. The zero-order chi connectivity index (χ0) is 22.9. The summed E-state index contributed by atoms with van der Waals surface area (Å²) in [4.78, 5) is 22.7. The molecule has 166 valence electrons. The second-order valence-corrected chi connectivity index (χ2v) is 8.28. The molecule has 2 aromatic carbocycles. The second kappa shape index (κ2) is 8.58. The third kappa shape index (κ3) is 4.14. The largest absolute Gasteiger partial charge is 0.340 e. The van der Waals surface area contributed by atoms with Gasteiger partial charge in [0.05, 0.1) is 16.8 Å². The number of hydrogen-bond acceptors (Lipinski definition) is 5. The van der Waals surface area contributed by atoms with Gasteiger partial charge in [0.2, 0.25) is 5.89 Å². The molecule has 2 aromatic heterocycles. The first-order chi connectivity index (χ1) is 16.0. The molecule has 1 amide bonds. The smallest absolute Gasteiger partial charge is 0.252 e. The SMILES string of the molecule is Cc1noc(C(C)NC(=O)c2c3c(nc4ccccc24)/C(=C\c2ccc(F)cc2)CCC3)n1. The quantitative estimate of drug-likeness (QED) is 0.456. The molecule has 1 aliphatic carbocycles. The molecule has 5 rings (SSSR count). The number of aryl methyl sites for hydroxylation is 1. The van der Waals surface area contributed by atoms with Crippen molar-refractivity contribution in [3.8, 4) is 0 Å². The van der Waals surface area contributed by atoms with Gasteiger partial charge in [-0.1, -0.05) is 35.5 Å². The average molecular weight is 442 g/mol. The highest BCUT2D eigenvalue weighted by Crippen LogP contribution is 2.36. The number of amides is 1. The van der Waals surface area contributed by atoms with E-state index in [2.05, 4.69) is 15.5 Å². The van der Waals surface area contributed by atoms with Crippen molar-refractivity contribution in [3.63, 3.8) is 0 Å². The summed E-state index contributed by atoms with van der Waals surface area (Å²) in [5.41, 5.74) is 5.09. The molecular weight excluding hydrogens is 419 g/mol. The van der Waals surface area contributed by atoms with E-state index in [1.807, 2.05) is 37.3 Å². The summed E-state index contributed by atoms with van der Waals surface area (Å²) in [5, 5.41) is 7.64. The van der Waals surface area contributed by atoms with E-state index in [1.54, 1.807) is 19.1 Å². The Bertz CT molecular complexity index is 1380. The van der Waals surface area contributed by atoms with E-state index in [4.69, 9.17) is 9.51 Å². The minimum Gasteiger partial charge on any atom is -0.340 e. The van der Waals surface area contributed by atoms with E-state index in [1.165, 1.54) is 12.1 Å². The normalized spacial score (nSPS) is 15.4. The number of para-hydroxylation sites is 1. The van der Waals surface area contributed by atoms with E-state index >= 15 is 0 Å². The maximum atomic E-state index is 13.5. The van der Waals surface area contributed by atoms with Crippen LogP contribution in [0.5, 0.6) is 0 Å². The zero-order valence-corrected chi connectivity index (χ0v) is 18.4. The topological polar surface area (TPSA) is 80.9 Å². The molecule has 33 heavy (non-hydrogen) atoms. The summed E-state index contributed by atoms with van der Waals surface area (Å²) in [5.74, 6) is 0.421. The number of nitrogens with one attached hydrogen (secondary N) is 1. The maximum Gasteiger partial charge on any atom is 0.252 e. The molecule has 0 radical (unpaired) electrons. The number of rotatable bonds is 4. The van der Waals surface area contributed by atoms with Crippen molar-refractivity contribution in [2.45, 2.75) is 39.2 Å². The Morgan fingerprint density at radius 3 is 2.67 bits per heavy atom. The van der Waals surface area contributed by atoms with Gasteiger partial charge in [-0.3, -0.25) is 4.79 Å². The van der Waals surface area contributed by atoms with E-state index in [9.17, 15) is 9.18 Å². The number of benzene rings is 2. The predicted molar refractivity (Wildman–Crippen MR) is 124 cm³/mol. The van der Waals surface area contributed by atoms with E-state index in [-0.39, 0.29) is 11.7 Å². The van der Waals surface area contributed by atoms with Gasteiger partial charge in [0.15, 0.2) is 5.82 Å². The van der Waals surface area contributed by atoms with Gasteiger partial charge in [-0.05, 0) is 74.1 Å². The Morgan fingerprint density at radius 1 is 1.12 bits per heavy atom. The molecule has 7 heteroatoms. The van der Waals surface area contributed by atoms with Crippen LogP contribution >= 0.6 is 0 Å². The lowest BCUT2D eigenvalue weighted by Gasteiger charge is -2.23. The monoisotopic (exact) mass is 442 g/mol. The first kappa shape index (κ1) is 21.0. The fourth-order valence-corrected chi connectivity index (χ4v) is 4.31. The van der Waals surface area contributed by atoms with Gasteiger partial charge in [-0.15, -0.1) is 0 Å². The van der Waals surface area contributed by atoms with Crippen LogP contribution in [0.15, 0.2) is 53.1 Å². The van der Waals surface area contributed by atoms with Crippen molar-refractivity contribution in [1.82, 2.24) is 20.4 Å². The minimum atomic E-state index is -0.431. The van der Waals surface area contributed by atoms with Crippen LogP contribution in [0, 0.1) is 12.7 Å². The average Bonchev–Trinajstić information content (AvgIpc) is 3.25. The van der Waals surface area contributed by atoms with Crippen molar-refractivity contribution >= 4 is 28.5 Å². The summed E-state index contributed by atoms with van der Waals surface area (Å²) >= 11 is 0. The fraction of sp³-hybridized carbons (Fsp3) is 0.231. The summed E-state index contributed by atoms with van der Waals surface area (Å²) in [6.07, 6.45) is 4.53. The Balaban J connectivity index is 1.60. The molecule has 0 spiro atoms. The third-order valence-electron chi connectivity index (χ3n) is 5.87. The number of carbonyl (C=O) groups excluding carboxylic acids is 1. The Labute approximate surface area is 190 Å². The van der Waals surface area contributed by atoms with Gasteiger partial charge >= 0.3 is 0 Å². The molecule has 4 aromatic rings. The predicted octanol–water partition coefficient (Wildman–Crippen LogP) is 5.43. The van der Waals surface area contributed by atoms with Crippen LogP contribution in [-0.4, -0.2) is 21.0 Å². The number of nitrogens with zero attached hydrogens (tertiary/aromatic N) is 3. The van der Waals surface area contributed by atoms with Gasteiger partial charge in [0.1, 0.15) is 11.9 Å². The zero-order valence-electron chi connectivity index (χ0n) is 18.4. The summed E-state index contributed by atoms with van der Waals surface area (Å²) in [6.45, 7) is 3.56. The summed E-state index contributed by atoms with van der Waals surface area (Å²) in [7, 11) is 0. The highest BCUT2D eigenvalue weighted by Gasteiger charge is 2.26. The summed E-state index contributed by atoms with van der Waals surface area (Å²) < 4.78 is 18.6. The lowest BCUT2D eigenvalue weighted by Crippen LogP contribution is -2.29. The van der Waals surface area contributed by atoms with Gasteiger partial charge in [0.25, 0.3) is 5.91 Å². The molecule has 6 nitrogen and oxygen atoms in total. The van der Waals surface area contributed by atoms with Crippen LogP contribution in [0.1, 0.15) is 64.7 Å². The summed E-state index contributed by atoms with van der Waals surface area (Å²) in [6, 6.07) is 13.6. The van der Waals surface area contributed by atoms with Crippen LogP contribution in [-0.2, 0) is 6.42 Å². The molecule has 1 aliphatic rings. The highest BCUT2D eigenvalue weighted by atomic mass is 19.1. The lowest BCUT2D eigenvalue weighted by atomic mass is 9.85. The van der Waals surface area contributed by atoms with Gasteiger partial charge < -0.3 is 9.84 Å². The van der Waals surface area contributed by atoms with Crippen molar-refractivity contribution in [2.75, 3.05) is 0 Å². The van der Waals surface area contributed by atoms with Crippen LogP contribution in [0.4, 0.5) is 4.39 Å². The molecule has 0 saturated carbocycles.